The molecule has 0 aromatic heterocycles. The SMILES string of the molecule is COc1cc2c(cc1OC)C(CC(=O)N(C)C1CCS(=O)(=O)C1)CC2. The number of methoxy groups -OCH3 is 2. The first-order valence-electron chi connectivity index (χ1n) is 8.55. The van der Waals surface area contributed by atoms with Crippen molar-refractivity contribution in [1.29, 1.82) is 0 Å². The van der Waals surface area contributed by atoms with Crippen LogP contribution in [0.5, 0.6) is 11.5 Å². The Morgan fingerprint density at radius 3 is 2.48 bits per heavy atom. The highest BCUT2D eigenvalue weighted by molar-refractivity contribution is 7.91. The number of amides is 1. The van der Waals surface area contributed by atoms with Crippen LogP contribution < -0.4 is 9.47 Å². The van der Waals surface area contributed by atoms with Gasteiger partial charge in [0, 0.05) is 19.5 Å². The van der Waals surface area contributed by atoms with Gasteiger partial charge in [-0.05, 0) is 48.4 Å². The van der Waals surface area contributed by atoms with Gasteiger partial charge in [0.05, 0.1) is 25.7 Å². The summed E-state index contributed by atoms with van der Waals surface area (Å²) in [5, 5.41) is 0. The van der Waals surface area contributed by atoms with E-state index in [0.717, 1.165) is 18.4 Å². The summed E-state index contributed by atoms with van der Waals surface area (Å²) in [6.45, 7) is 0. The van der Waals surface area contributed by atoms with Gasteiger partial charge in [-0.2, -0.15) is 0 Å². The zero-order chi connectivity index (χ0) is 18.2. The van der Waals surface area contributed by atoms with Gasteiger partial charge in [0.1, 0.15) is 0 Å². The smallest absolute Gasteiger partial charge is 0.223 e. The minimum absolute atomic E-state index is 0.00901. The predicted molar refractivity (Wildman–Crippen MR) is 95.1 cm³/mol. The molecule has 1 aromatic rings. The van der Waals surface area contributed by atoms with Gasteiger partial charge in [0.25, 0.3) is 0 Å². The molecule has 6 nitrogen and oxygen atoms in total. The second-order valence-corrected chi connectivity index (χ2v) is 9.14. The van der Waals surface area contributed by atoms with Crippen LogP contribution in [0.1, 0.15) is 36.3 Å². The molecule has 1 amide bonds. The van der Waals surface area contributed by atoms with Crippen LogP contribution in [0.15, 0.2) is 12.1 Å². The maximum Gasteiger partial charge on any atom is 0.223 e. The second-order valence-electron chi connectivity index (χ2n) is 6.91. The molecule has 7 heteroatoms. The molecular formula is C18H25NO5S. The number of carbonyl (C=O) groups is 1. The van der Waals surface area contributed by atoms with Crippen LogP contribution in [0.3, 0.4) is 0 Å². The van der Waals surface area contributed by atoms with Crippen LogP contribution in [0, 0.1) is 0 Å². The molecule has 2 unspecified atom stereocenters. The van der Waals surface area contributed by atoms with Crippen LogP contribution in [0.25, 0.3) is 0 Å². The standard InChI is InChI=1S/C18H25NO5S/c1-19(14-6-7-25(21,22)11-14)18(20)9-13-5-4-12-8-16(23-2)17(24-3)10-15(12)13/h8,10,13-14H,4-7,9,11H2,1-3H3. The average Bonchev–Trinajstić information content (AvgIpc) is 3.15. The Labute approximate surface area is 149 Å². The second kappa shape index (κ2) is 6.86. The first-order chi connectivity index (χ1) is 11.8. The molecule has 0 radical (unpaired) electrons. The Hall–Kier alpha value is -1.76. The van der Waals surface area contributed by atoms with Crippen molar-refractivity contribution < 1.29 is 22.7 Å². The summed E-state index contributed by atoms with van der Waals surface area (Å²) in [5.41, 5.74) is 2.33. The van der Waals surface area contributed by atoms with Crippen molar-refractivity contribution >= 4 is 15.7 Å². The summed E-state index contributed by atoms with van der Waals surface area (Å²) in [7, 11) is 1.95. The van der Waals surface area contributed by atoms with Gasteiger partial charge in [0.15, 0.2) is 21.3 Å². The molecule has 25 heavy (non-hydrogen) atoms. The largest absolute Gasteiger partial charge is 0.493 e. The minimum atomic E-state index is -2.99. The number of carbonyl (C=O) groups excluding carboxylic acids is 1. The third-order valence-corrected chi connectivity index (χ3v) is 7.17. The van der Waals surface area contributed by atoms with Gasteiger partial charge in [0.2, 0.25) is 5.91 Å². The van der Waals surface area contributed by atoms with Crippen LogP contribution in [0.2, 0.25) is 0 Å². The van der Waals surface area contributed by atoms with Gasteiger partial charge in [-0.15, -0.1) is 0 Å². The zero-order valence-corrected chi connectivity index (χ0v) is 15.8. The van der Waals surface area contributed by atoms with Gasteiger partial charge < -0.3 is 14.4 Å². The van der Waals surface area contributed by atoms with Gasteiger partial charge in [-0.3, -0.25) is 4.79 Å². The number of nitrogens with zero attached hydrogens (tertiary/aromatic N) is 1. The number of fused-ring (bicyclic) bond motifs is 1. The van der Waals surface area contributed by atoms with Crippen molar-refractivity contribution in [2.45, 2.75) is 37.6 Å². The molecular weight excluding hydrogens is 342 g/mol. The van der Waals surface area contributed by atoms with Crippen molar-refractivity contribution in [2.24, 2.45) is 0 Å². The number of hydrogen-bond donors (Lipinski definition) is 0. The number of hydrogen-bond acceptors (Lipinski definition) is 5. The van der Waals surface area contributed by atoms with E-state index in [9.17, 15) is 13.2 Å². The molecule has 1 saturated heterocycles. The maximum absolute atomic E-state index is 12.7. The molecule has 3 rings (SSSR count). The third kappa shape index (κ3) is 3.61. The van der Waals surface area contributed by atoms with Gasteiger partial charge in [-0.1, -0.05) is 0 Å². The lowest BCUT2D eigenvalue weighted by Crippen LogP contribution is -2.38. The fraction of sp³-hybridized carbons (Fsp3) is 0.611. The fourth-order valence-corrected chi connectivity index (χ4v) is 5.64. The van der Waals surface area contributed by atoms with Crippen LogP contribution >= 0.6 is 0 Å². The Balaban J connectivity index is 1.72. The number of sulfone groups is 1. The van der Waals surface area contributed by atoms with E-state index < -0.39 is 9.84 Å². The maximum atomic E-state index is 12.7. The Morgan fingerprint density at radius 2 is 1.88 bits per heavy atom. The fourth-order valence-electron chi connectivity index (χ4n) is 3.87. The van der Waals surface area contributed by atoms with Crippen molar-refractivity contribution in [1.82, 2.24) is 4.90 Å². The van der Waals surface area contributed by atoms with Crippen molar-refractivity contribution in [3.63, 3.8) is 0 Å². The molecule has 1 aromatic carbocycles. The summed E-state index contributed by atoms with van der Waals surface area (Å²) in [6.07, 6.45) is 2.76. The lowest BCUT2D eigenvalue weighted by Gasteiger charge is -2.25. The highest BCUT2D eigenvalue weighted by Gasteiger charge is 2.34. The molecule has 2 atom stereocenters. The number of rotatable bonds is 5. The Bertz CT molecular complexity index is 774. The van der Waals surface area contributed by atoms with Crippen LogP contribution in [0.4, 0.5) is 0 Å². The molecule has 1 aliphatic heterocycles. The number of aryl methyl sites for hydroxylation is 1. The molecule has 0 saturated carbocycles. The van der Waals surface area contributed by atoms with Crippen LogP contribution in [-0.2, 0) is 21.1 Å². The summed E-state index contributed by atoms with van der Waals surface area (Å²) in [5.74, 6) is 1.80. The minimum Gasteiger partial charge on any atom is -0.493 e. The quantitative estimate of drug-likeness (QED) is 0.793. The lowest BCUT2D eigenvalue weighted by molar-refractivity contribution is -0.131. The molecule has 0 bridgehead atoms. The molecule has 0 spiro atoms. The normalized spacial score (nSPS) is 24.0. The van der Waals surface area contributed by atoms with Crippen molar-refractivity contribution in [2.75, 3.05) is 32.8 Å². The van der Waals surface area contributed by atoms with Gasteiger partial charge >= 0.3 is 0 Å². The Kier molecular flexibility index (Phi) is 4.95. The first-order valence-corrected chi connectivity index (χ1v) is 10.4. The predicted octanol–water partition coefficient (Wildman–Crippen LogP) is 1.77. The first kappa shape index (κ1) is 18.0. The van der Waals surface area contributed by atoms with Crippen LogP contribution in [-0.4, -0.2) is 58.0 Å². The molecule has 2 aliphatic rings. The molecule has 1 fully saturated rings. The molecule has 138 valence electrons. The summed E-state index contributed by atoms with van der Waals surface area (Å²) >= 11 is 0. The summed E-state index contributed by atoms with van der Waals surface area (Å²) in [6, 6.07) is 3.77. The van der Waals surface area contributed by atoms with E-state index in [0.29, 0.717) is 24.3 Å². The van der Waals surface area contributed by atoms with E-state index >= 15 is 0 Å². The average molecular weight is 367 g/mol. The molecule has 0 N–H and O–H groups in total. The van der Waals surface area contributed by atoms with E-state index in [1.807, 2.05) is 12.1 Å². The van der Waals surface area contributed by atoms with E-state index in [2.05, 4.69) is 0 Å². The Morgan fingerprint density at radius 1 is 1.20 bits per heavy atom. The van der Waals surface area contributed by atoms with E-state index in [-0.39, 0.29) is 29.4 Å². The zero-order valence-electron chi connectivity index (χ0n) is 14.9. The van der Waals surface area contributed by atoms with E-state index in [4.69, 9.17) is 9.47 Å². The molecule has 1 aliphatic carbocycles. The number of ether oxygens (including phenoxy) is 2. The molecule has 1 heterocycles. The number of benzene rings is 1. The van der Waals surface area contributed by atoms with Crippen molar-refractivity contribution in [3.8, 4) is 11.5 Å². The third-order valence-electron chi connectivity index (χ3n) is 5.42. The van der Waals surface area contributed by atoms with E-state index in [1.165, 1.54) is 5.56 Å². The van der Waals surface area contributed by atoms with Crippen molar-refractivity contribution in [3.05, 3.63) is 23.3 Å². The monoisotopic (exact) mass is 367 g/mol. The van der Waals surface area contributed by atoms with Gasteiger partial charge in [-0.25, -0.2) is 8.42 Å². The summed E-state index contributed by atoms with van der Waals surface area (Å²) < 4.78 is 34.0. The van der Waals surface area contributed by atoms with E-state index in [1.54, 1.807) is 26.2 Å². The lowest BCUT2D eigenvalue weighted by atomic mass is 9.96. The highest BCUT2D eigenvalue weighted by Crippen LogP contribution is 2.42. The summed E-state index contributed by atoms with van der Waals surface area (Å²) in [4.78, 5) is 14.3. The topological polar surface area (TPSA) is 72.9 Å². The highest BCUT2D eigenvalue weighted by atomic mass is 32.2.